The van der Waals surface area contributed by atoms with E-state index in [1.807, 2.05) is 24.3 Å². The predicted molar refractivity (Wildman–Crippen MR) is 55.7 cm³/mol. The molecular weight excluding hydrogens is 198 g/mol. The number of fused-ring (bicyclic) bond motifs is 1. The lowest BCUT2D eigenvalue weighted by Crippen LogP contribution is -2.06. The minimum absolute atomic E-state index is 0.521. The third-order valence-electron chi connectivity index (χ3n) is 2.05. The second-order valence-corrected chi connectivity index (χ2v) is 4.14. The number of benzene rings is 1. The molecule has 0 amide bonds. The Hall–Kier alpha value is -1.42. The van der Waals surface area contributed by atoms with E-state index in [1.54, 1.807) is 6.92 Å². The number of carboxylic acid groups (broad SMARTS) is 1. The van der Waals surface area contributed by atoms with E-state index in [0.29, 0.717) is 5.01 Å². The zero-order valence-electron chi connectivity index (χ0n) is 7.60. The number of carbonyl (C=O) groups is 1. The molecule has 1 aromatic carbocycles. The molecule has 1 N–H and O–H groups in total. The maximum atomic E-state index is 10.7. The van der Waals surface area contributed by atoms with Gasteiger partial charge in [0.25, 0.3) is 0 Å². The third-order valence-corrected chi connectivity index (χ3v) is 3.27. The molecule has 4 heteroatoms. The SMILES string of the molecule is CC(C(=O)O)c1nc2ccccc2s1. The second kappa shape index (κ2) is 3.38. The molecule has 1 aromatic heterocycles. The lowest BCUT2D eigenvalue weighted by molar-refractivity contribution is -0.138. The monoisotopic (exact) mass is 207 g/mol. The van der Waals surface area contributed by atoms with E-state index in [4.69, 9.17) is 5.11 Å². The van der Waals surface area contributed by atoms with Gasteiger partial charge in [-0.2, -0.15) is 0 Å². The highest BCUT2D eigenvalue weighted by Crippen LogP contribution is 2.27. The Balaban J connectivity index is 2.50. The number of thiazole rings is 1. The first-order chi connectivity index (χ1) is 6.68. The third kappa shape index (κ3) is 1.48. The van der Waals surface area contributed by atoms with Gasteiger partial charge in [0.05, 0.1) is 10.2 Å². The van der Waals surface area contributed by atoms with Gasteiger partial charge in [-0.05, 0) is 19.1 Å². The molecule has 1 atom stereocenters. The minimum Gasteiger partial charge on any atom is -0.481 e. The summed E-state index contributed by atoms with van der Waals surface area (Å²) in [7, 11) is 0. The second-order valence-electron chi connectivity index (χ2n) is 3.08. The average molecular weight is 207 g/mol. The molecule has 0 aliphatic carbocycles. The van der Waals surface area contributed by atoms with Crippen molar-refractivity contribution in [2.75, 3.05) is 0 Å². The molecule has 0 radical (unpaired) electrons. The van der Waals surface area contributed by atoms with E-state index in [2.05, 4.69) is 4.98 Å². The molecule has 0 aliphatic rings. The molecule has 0 saturated heterocycles. The van der Waals surface area contributed by atoms with Crippen LogP contribution in [0.5, 0.6) is 0 Å². The van der Waals surface area contributed by atoms with Crippen molar-refractivity contribution in [1.82, 2.24) is 4.98 Å². The summed E-state index contributed by atoms with van der Waals surface area (Å²) in [6.07, 6.45) is 0. The number of carboxylic acids is 1. The van der Waals surface area contributed by atoms with Gasteiger partial charge in [-0.15, -0.1) is 11.3 Å². The topological polar surface area (TPSA) is 50.2 Å². The number of para-hydroxylation sites is 1. The van der Waals surface area contributed by atoms with Crippen LogP contribution in [0.4, 0.5) is 0 Å². The number of rotatable bonds is 2. The van der Waals surface area contributed by atoms with Crippen LogP contribution in [-0.2, 0) is 4.79 Å². The summed E-state index contributed by atoms with van der Waals surface area (Å²) in [6.45, 7) is 1.65. The van der Waals surface area contributed by atoms with Crippen LogP contribution in [0.25, 0.3) is 10.2 Å². The molecule has 1 heterocycles. The van der Waals surface area contributed by atoms with Gasteiger partial charge in [0, 0.05) is 0 Å². The highest BCUT2D eigenvalue weighted by Gasteiger charge is 2.17. The van der Waals surface area contributed by atoms with E-state index in [9.17, 15) is 4.79 Å². The lowest BCUT2D eigenvalue weighted by atomic mass is 10.2. The molecule has 0 spiro atoms. The van der Waals surface area contributed by atoms with Crippen LogP contribution in [0.15, 0.2) is 24.3 Å². The number of hydrogen-bond donors (Lipinski definition) is 1. The number of hydrogen-bond acceptors (Lipinski definition) is 3. The first kappa shape index (κ1) is 9.15. The fourth-order valence-corrected chi connectivity index (χ4v) is 2.19. The first-order valence-electron chi connectivity index (χ1n) is 4.27. The number of aliphatic carboxylic acids is 1. The normalized spacial score (nSPS) is 12.9. The molecule has 3 nitrogen and oxygen atoms in total. The van der Waals surface area contributed by atoms with E-state index >= 15 is 0 Å². The summed E-state index contributed by atoms with van der Waals surface area (Å²) in [6, 6.07) is 7.67. The van der Waals surface area contributed by atoms with Crippen molar-refractivity contribution in [2.45, 2.75) is 12.8 Å². The van der Waals surface area contributed by atoms with Crippen LogP contribution in [-0.4, -0.2) is 16.1 Å². The van der Waals surface area contributed by atoms with Gasteiger partial charge in [0.1, 0.15) is 10.9 Å². The molecule has 2 rings (SSSR count). The van der Waals surface area contributed by atoms with Crippen LogP contribution in [0.3, 0.4) is 0 Å². The molecule has 2 aromatic rings. The molecule has 1 unspecified atom stereocenters. The molecule has 0 bridgehead atoms. The first-order valence-corrected chi connectivity index (χ1v) is 5.08. The van der Waals surface area contributed by atoms with Crippen molar-refractivity contribution in [3.63, 3.8) is 0 Å². The lowest BCUT2D eigenvalue weighted by Gasteiger charge is -1.98. The van der Waals surface area contributed by atoms with Crippen molar-refractivity contribution in [3.05, 3.63) is 29.3 Å². The Morgan fingerprint density at radius 3 is 2.86 bits per heavy atom. The van der Waals surface area contributed by atoms with Gasteiger partial charge < -0.3 is 5.11 Å². The van der Waals surface area contributed by atoms with Crippen molar-refractivity contribution in [2.24, 2.45) is 0 Å². The van der Waals surface area contributed by atoms with Crippen molar-refractivity contribution in [1.29, 1.82) is 0 Å². The highest BCUT2D eigenvalue weighted by atomic mass is 32.1. The largest absolute Gasteiger partial charge is 0.481 e. The number of nitrogens with zero attached hydrogens (tertiary/aromatic N) is 1. The van der Waals surface area contributed by atoms with Crippen molar-refractivity contribution < 1.29 is 9.90 Å². The standard InChI is InChI=1S/C10H9NO2S/c1-6(10(12)13)9-11-7-4-2-3-5-8(7)14-9/h2-6H,1H3,(H,12,13). The van der Waals surface area contributed by atoms with Gasteiger partial charge in [0.2, 0.25) is 0 Å². The van der Waals surface area contributed by atoms with E-state index < -0.39 is 11.9 Å². The molecule has 0 fully saturated rings. The molecule has 0 saturated carbocycles. The van der Waals surface area contributed by atoms with Crippen LogP contribution in [0.1, 0.15) is 17.8 Å². The molecule has 0 aliphatic heterocycles. The molecule has 72 valence electrons. The highest BCUT2D eigenvalue weighted by molar-refractivity contribution is 7.18. The van der Waals surface area contributed by atoms with Gasteiger partial charge in [-0.3, -0.25) is 4.79 Å². The van der Waals surface area contributed by atoms with Gasteiger partial charge in [-0.25, -0.2) is 4.98 Å². The summed E-state index contributed by atoms with van der Waals surface area (Å²) < 4.78 is 1.04. The van der Waals surface area contributed by atoms with E-state index in [1.165, 1.54) is 11.3 Å². The van der Waals surface area contributed by atoms with Crippen LogP contribution >= 0.6 is 11.3 Å². The van der Waals surface area contributed by atoms with Gasteiger partial charge in [-0.1, -0.05) is 12.1 Å². The van der Waals surface area contributed by atoms with Gasteiger partial charge >= 0.3 is 5.97 Å². The summed E-state index contributed by atoms with van der Waals surface area (Å²) in [5.41, 5.74) is 0.876. The maximum Gasteiger partial charge on any atom is 0.313 e. The smallest absolute Gasteiger partial charge is 0.313 e. The van der Waals surface area contributed by atoms with Crippen LogP contribution < -0.4 is 0 Å². The number of aromatic nitrogens is 1. The van der Waals surface area contributed by atoms with Crippen LogP contribution in [0, 0.1) is 0 Å². The Kier molecular flexibility index (Phi) is 2.21. The predicted octanol–water partition coefficient (Wildman–Crippen LogP) is 2.48. The zero-order valence-corrected chi connectivity index (χ0v) is 8.41. The Morgan fingerprint density at radius 1 is 1.50 bits per heavy atom. The van der Waals surface area contributed by atoms with E-state index in [-0.39, 0.29) is 0 Å². The van der Waals surface area contributed by atoms with Gasteiger partial charge in [0.15, 0.2) is 0 Å². The Labute approximate surface area is 85.0 Å². The Morgan fingerprint density at radius 2 is 2.21 bits per heavy atom. The quantitative estimate of drug-likeness (QED) is 0.823. The van der Waals surface area contributed by atoms with Crippen molar-refractivity contribution in [3.8, 4) is 0 Å². The summed E-state index contributed by atoms with van der Waals surface area (Å²) in [5.74, 6) is -1.35. The summed E-state index contributed by atoms with van der Waals surface area (Å²) in [4.78, 5) is 15.0. The summed E-state index contributed by atoms with van der Waals surface area (Å²) in [5, 5.41) is 9.49. The fraction of sp³-hybridized carbons (Fsp3) is 0.200. The minimum atomic E-state index is -0.830. The van der Waals surface area contributed by atoms with Crippen molar-refractivity contribution >= 4 is 27.5 Å². The molecule has 14 heavy (non-hydrogen) atoms. The zero-order chi connectivity index (χ0) is 10.1. The Bertz CT molecular complexity index is 445. The summed E-state index contributed by atoms with van der Waals surface area (Å²) >= 11 is 1.44. The average Bonchev–Trinajstić information content (AvgIpc) is 2.59. The fourth-order valence-electron chi connectivity index (χ4n) is 1.18. The van der Waals surface area contributed by atoms with Crippen LogP contribution in [0.2, 0.25) is 0 Å². The maximum absolute atomic E-state index is 10.7. The van der Waals surface area contributed by atoms with E-state index in [0.717, 1.165) is 10.2 Å². The molecular formula is C10H9NO2S.